The van der Waals surface area contributed by atoms with Crippen molar-refractivity contribution in [2.75, 3.05) is 23.7 Å². The Morgan fingerprint density at radius 1 is 0.960 bits per heavy atom. The van der Waals surface area contributed by atoms with E-state index >= 15 is 0 Å². The zero-order valence-electron chi connectivity index (χ0n) is 13.5. The van der Waals surface area contributed by atoms with Crippen molar-refractivity contribution in [1.82, 2.24) is 19.9 Å². The van der Waals surface area contributed by atoms with Crippen molar-refractivity contribution in [1.29, 1.82) is 0 Å². The molecule has 0 fully saturated rings. The average Bonchev–Trinajstić information content (AvgIpc) is 2.59. The molecule has 0 atom stereocenters. The monoisotopic (exact) mass is 374 g/mol. The lowest BCUT2D eigenvalue weighted by atomic mass is 10.2. The number of halogens is 2. The summed E-state index contributed by atoms with van der Waals surface area (Å²) < 4.78 is 0. The molecule has 1 aromatic carbocycles. The van der Waals surface area contributed by atoms with E-state index in [0.29, 0.717) is 29.0 Å². The Morgan fingerprint density at radius 3 is 2.48 bits per heavy atom. The van der Waals surface area contributed by atoms with E-state index in [2.05, 4.69) is 30.6 Å². The molecule has 25 heavy (non-hydrogen) atoms. The maximum atomic E-state index is 6.26. The first kappa shape index (κ1) is 17.4. The Morgan fingerprint density at radius 2 is 1.76 bits per heavy atom. The average molecular weight is 375 g/mol. The number of nitrogens with zero attached hydrogens (tertiary/aromatic N) is 4. The Kier molecular flexibility index (Phi) is 5.63. The predicted molar refractivity (Wildman–Crippen MR) is 101 cm³/mol. The number of nitrogens with one attached hydrogen (secondary N) is 2. The Bertz CT molecular complexity index is 857. The number of anilines is 2. The number of hydrogen-bond acceptors (Lipinski definition) is 6. The molecule has 3 aromatic rings. The predicted octanol–water partition coefficient (Wildman–Crippen LogP) is 4.07. The first-order chi connectivity index (χ1) is 12.1. The van der Waals surface area contributed by atoms with Gasteiger partial charge in [0.05, 0.1) is 11.2 Å². The van der Waals surface area contributed by atoms with Gasteiger partial charge in [-0.2, -0.15) is 0 Å². The molecule has 0 bridgehead atoms. The van der Waals surface area contributed by atoms with Crippen molar-refractivity contribution in [3.05, 3.63) is 58.6 Å². The van der Waals surface area contributed by atoms with Crippen LogP contribution in [0.25, 0.3) is 11.4 Å². The largest absolute Gasteiger partial charge is 0.368 e. The van der Waals surface area contributed by atoms with E-state index in [9.17, 15) is 0 Å². The Hall–Kier alpha value is -2.44. The molecule has 8 heteroatoms. The van der Waals surface area contributed by atoms with Crippen molar-refractivity contribution in [2.45, 2.75) is 6.92 Å². The molecule has 0 amide bonds. The van der Waals surface area contributed by atoms with Gasteiger partial charge < -0.3 is 10.6 Å². The number of aromatic nitrogens is 4. The van der Waals surface area contributed by atoms with E-state index in [-0.39, 0.29) is 0 Å². The lowest BCUT2D eigenvalue weighted by Gasteiger charge is -2.10. The minimum absolute atomic E-state index is 0.522. The van der Waals surface area contributed by atoms with E-state index in [1.165, 1.54) is 0 Å². The fourth-order valence-corrected chi connectivity index (χ4v) is 2.71. The smallest absolute Gasteiger partial charge is 0.163 e. The summed E-state index contributed by atoms with van der Waals surface area (Å²) in [6.07, 6.45) is 4.96. The SMILES string of the molecule is Cc1cc(NCCNc2cnccn2)nc(-c2ccc(Cl)cc2Cl)n1. The van der Waals surface area contributed by atoms with Crippen LogP contribution in [0.5, 0.6) is 0 Å². The van der Waals surface area contributed by atoms with Gasteiger partial charge in [-0.05, 0) is 25.1 Å². The Labute approximate surface area is 155 Å². The molecule has 0 radical (unpaired) electrons. The van der Waals surface area contributed by atoms with E-state index in [1.54, 1.807) is 30.7 Å². The normalized spacial score (nSPS) is 10.5. The van der Waals surface area contributed by atoms with Gasteiger partial charge in [-0.3, -0.25) is 4.98 Å². The van der Waals surface area contributed by atoms with Crippen LogP contribution in [0.4, 0.5) is 11.6 Å². The molecule has 2 heterocycles. The first-order valence-electron chi connectivity index (χ1n) is 7.67. The van der Waals surface area contributed by atoms with Crippen LogP contribution in [0.15, 0.2) is 42.9 Å². The van der Waals surface area contributed by atoms with E-state index in [1.807, 2.05) is 19.1 Å². The van der Waals surface area contributed by atoms with Crippen LogP contribution in [-0.4, -0.2) is 33.0 Å². The van der Waals surface area contributed by atoms with Crippen molar-refractivity contribution in [3.63, 3.8) is 0 Å². The van der Waals surface area contributed by atoms with E-state index < -0.39 is 0 Å². The molecule has 6 nitrogen and oxygen atoms in total. The fourth-order valence-electron chi connectivity index (χ4n) is 2.22. The van der Waals surface area contributed by atoms with Gasteiger partial charge >= 0.3 is 0 Å². The van der Waals surface area contributed by atoms with Crippen molar-refractivity contribution in [2.24, 2.45) is 0 Å². The third-order valence-electron chi connectivity index (χ3n) is 3.33. The second-order valence-corrected chi connectivity index (χ2v) is 6.13. The van der Waals surface area contributed by atoms with E-state index in [0.717, 1.165) is 22.9 Å². The number of benzene rings is 1. The highest BCUT2D eigenvalue weighted by Crippen LogP contribution is 2.28. The molecule has 2 N–H and O–H groups in total. The van der Waals surface area contributed by atoms with Gasteiger partial charge in [0, 0.05) is 47.8 Å². The summed E-state index contributed by atoms with van der Waals surface area (Å²) >= 11 is 12.2. The minimum atomic E-state index is 0.522. The standard InChI is InChI=1S/C17H16Cl2N6/c1-11-8-15(21-6-7-23-16-10-20-4-5-22-16)25-17(24-11)13-3-2-12(18)9-14(13)19/h2-5,8-10H,6-7H2,1H3,(H,22,23)(H,21,24,25). The highest BCUT2D eigenvalue weighted by Gasteiger charge is 2.09. The second kappa shape index (κ2) is 8.09. The molecule has 0 spiro atoms. The van der Waals surface area contributed by atoms with Gasteiger partial charge in [-0.15, -0.1) is 0 Å². The quantitative estimate of drug-likeness (QED) is 0.633. The Balaban J connectivity index is 1.67. The summed E-state index contributed by atoms with van der Waals surface area (Å²) in [6.45, 7) is 3.26. The number of hydrogen-bond donors (Lipinski definition) is 2. The zero-order chi connectivity index (χ0) is 17.6. The summed E-state index contributed by atoms with van der Waals surface area (Å²) in [5.41, 5.74) is 1.59. The van der Waals surface area contributed by atoms with Crippen LogP contribution in [0.1, 0.15) is 5.69 Å². The van der Waals surface area contributed by atoms with Gasteiger partial charge in [-0.25, -0.2) is 15.0 Å². The number of rotatable bonds is 6. The molecular formula is C17H16Cl2N6. The zero-order valence-corrected chi connectivity index (χ0v) is 15.0. The molecule has 0 aliphatic rings. The summed E-state index contributed by atoms with van der Waals surface area (Å²) in [6, 6.07) is 7.16. The van der Waals surface area contributed by atoms with Crippen LogP contribution in [0, 0.1) is 6.92 Å². The molecule has 3 rings (SSSR count). The molecule has 0 saturated heterocycles. The fraction of sp³-hybridized carbons (Fsp3) is 0.176. The lowest BCUT2D eigenvalue weighted by molar-refractivity contribution is 1.02. The van der Waals surface area contributed by atoms with Gasteiger partial charge in [0.2, 0.25) is 0 Å². The molecule has 0 unspecified atom stereocenters. The van der Waals surface area contributed by atoms with Gasteiger partial charge in [0.1, 0.15) is 11.6 Å². The molecule has 0 aliphatic heterocycles. The molecular weight excluding hydrogens is 359 g/mol. The van der Waals surface area contributed by atoms with E-state index in [4.69, 9.17) is 23.2 Å². The molecule has 0 aliphatic carbocycles. The highest BCUT2D eigenvalue weighted by molar-refractivity contribution is 6.36. The molecule has 2 aromatic heterocycles. The summed E-state index contributed by atoms with van der Waals surface area (Å²) in [5, 5.41) is 7.54. The second-order valence-electron chi connectivity index (χ2n) is 5.29. The van der Waals surface area contributed by atoms with Gasteiger partial charge in [-0.1, -0.05) is 23.2 Å². The third-order valence-corrected chi connectivity index (χ3v) is 3.87. The van der Waals surface area contributed by atoms with Crippen LogP contribution in [-0.2, 0) is 0 Å². The van der Waals surface area contributed by atoms with Crippen molar-refractivity contribution in [3.8, 4) is 11.4 Å². The van der Waals surface area contributed by atoms with Crippen LogP contribution in [0.3, 0.4) is 0 Å². The minimum Gasteiger partial charge on any atom is -0.368 e. The molecule has 0 saturated carbocycles. The van der Waals surface area contributed by atoms with Crippen molar-refractivity contribution >= 4 is 34.8 Å². The van der Waals surface area contributed by atoms with Crippen LogP contribution in [0.2, 0.25) is 10.0 Å². The maximum absolute atomic E-state index is 6.26. The van der Waals surface area contributed by atoms with Gasteiger partial charge in [0.15, 0.2) is 5.82 Å². The van der Waals surface area contributed by atoms with Crippen LogP contribution >= 0.6 is 23.2 Å². The van der Waals surface area contributed by atoms with Gasteiger partial charge in [0.25, 0.3) is 0 Å². The summed E-state index contributed by atoms with van der Waals surface area (Å²) in [4.78, 5) is 17.2. The highest BCUT2D eigenvalue weighted by atomic mass is 35.5. The summed E-state index contributed by atoms with van der Waals surface area (Å²) in [7, 11) is 0. The lowest BCUT2D eigenvalue weighted by Crippen LogP contribution is -2.15. The van der Waals surface area contributed by atoms with Crippen molar-refractivity contribution < 1.29 is 0 Å². The number of aryl methyl sites for hydroxylation is 1. The van der Waals surface area contributed by atoms with Crippen LogP contribution < -0.4 is 10.6 Å². The third kappa shape index (κ3) is 4.78. The topological polar surface area (TPSA) is 75.6 Å². The maximum Gasteiger partial charge on any atom is 0.163 e. The first-order valence-corrected chi connectivity index (χ1v) is 8.42. The summed E-state index contributed by atoms with van der Waals surface area (Å²) in [5.74, 6) is 2.03. The molecule has 128 valence electrons.